The molecule has 0 saturated heterocycles. The van der Waals surface area contributed by atoms with Crippen molar-refractivity contribution < 1.29 is 14.3 Å². The van der Waals surface area contributed by atoms with Gasteiger partial charge in [-0.1, -0.05) is 48.5 Å². The number of carbonyl (C=O) groups is 1. The molecule has 0 aliphatic heterocycles. The van der Waals surface area contributed by atoms with Crippen molar-refractivity contribution >= 4 is 12.0 Å². The SMILES string of the molecule is O=C(/C=C/c1ccccc1F)NCC(O)c1ccccc1. The second kappa shape index (κ2) is 7.36. The number of hydrogen-bond acceptors (Lipinski definition) is 2. The molecular formula is C17H16FNO2. The van der Waals surface area contributed by atoms with E-state index in [0.717, 1.165) is 5.56 Å². The third-order valence-electron chi connectivity index (χ3n) is 2.97. The van der Waals surface area contributed by atoms with Crippen LogP contribution in [0.2, 0.25) is 0 Å². The van der Waals surface area contributed by atoms with Gasteiger partial charge in [-0.15, -0.1) is 0 Å². The van der Waals surface area contributed by atoms with Crippen LogP contribution in [-0.2, 0) is 4.79 Å². The summed E-state index contributed by atoms with van der Waals surface area (Å²) >= 11 is 0. The highest BCUT2D eigenvalue weighted by Gasteiger charge is 2.07. The van der Waals surface area contributed by atoms with Crippen molar-refractivity contribution in [2.45, 2.75) is 6.10 Å². The maximum absolute atomic E-state index is 13.4. The Bertz CT molecular complexity index is 626. The Balaban J connectivity index is 1.87. The molecule has 0 fully saturated rings. The first-order valence-electron chi connectivity index (χ1n) is 6.60. The third kappa shape index (κ3) is 4.54. The Labute approximate surface area is 122 Å². The molecule has 1 amide bonds. The lowest BCUT2D eigenvalue weighted by molar-refractivity contribution is -0.116. The monoisotopic (exact) mass is 285 g/mol. The minimum atomic E-state index is -0.767. The fraction of sp³-hybridized carbons (Fsp3) is 0.118. The molecule has 0 aromatic heterocycles. The molecule has 0 spiro atoms. The number of hydrogen-bond donors (Lipinski definition) is 2. The zero-order valence-electron chi connectivity index (χ0n) is 11.4. The summed E-state index contributed by atoms with van der Waals surface area (Å²) in [6.45, 7) is 0.102. The van der Waals surface area contributed by atoms with Crippen LogP contribution >= 0.6 is 0 Å². The molecule has 0 aliphatic carbocycles. The van der Waals surface area contributed by atoms with Crippen LogP contribution in [-0.4, -0.2) is 17.6 Å². The summed E-state index contributed by atoms with van der Waals surface area (Å²) in [5, 5.41) is 12.5. The van der Waals surface area contributed by atoms with E-state index in [1.807, 2.05) is 18.2 Å². The number of nitrogens with one attached hydrogen (secondary N) is 1. The molecule has 21 heavy (non-hydrogen) atoms. The van der Waals surface area contributed by atoms with Crippen LogP contribution in [0.1, 0.15) is 17.2 Å². The molecule has 2 aromatic rings. The van der Waals surface area contributed by atoms with Gasteiger partial charge in [0.15, 0.2) is 0 Å². The second-order valence-electron chi connectivity index (χ2n) is 4.53. The highest BCUT2D eigenvalue weighted by atomic mass is 19.1. The average Bonchev–Trinajstić information content (AvgIpc) is 2.52. The fourth-order valence-corrected chi connectivity index (χ4v) is 1.82. The minimum Gasteiger partial charge on any atom is -0.387 e. The average molecular weight is 285 g/mol. The van der Waals surface area contributed by atoms with Crippen LogP contribution < -0.4 is 5.32 Å². The Morgan fingerprint density at radius 3 is 2.52 bits per heavy atom. The van der Waals surface area contributed by atoms with Gasteiger partial charge in [0.1, 0.15) is 5.82 Å². The number of aliphatic hydroxyl groups excluding tert-OH is 1. The summed E-state index contributed by atoms with van der Waals surface area (Å²) in [7, 11) is 0. The van der Waals surface area contributed by atoms with E-state index in [-0.39, 0.29) is 18.3 Å². The predicted molar refractivity (Wildman–Crippen MR) is 79.8 cm³/mol. The molecular weight excluding hydrogens is 269 g/mol. The number of amides is 1. The van der Waals surface area contributed by atoms with E-state index in [4.69, 9.17) is 0 Å². The first kappa shape index (κ1) is 14.9. The molecule has 0 aliphatic rings. The summed E-state index contributed by atoms with van der Waals surface area (Å²) in [4.78, 5) is 11.6. The maximum Gasteiger partial charge on any atom is 0.244 e. The number of benzene rings is 2. The summed E-state index contributed by atoms with van der Waals surface area (Å²) < 4.78 is 13.4. The molecule has 3 nitrogen and oxygen atoms in total. The van der Waals surface area contributed by atoms with Gasteiger partial charge in [0, 0.05) is 18.2 Å². The number of aliphatic hydroxyl groups is 1. The van der Waals surface area contributed by atoms with Crippen LogP contribution in [0.5, 0.6) is 0 Å². The maximum atomic E-state index is 13.4. The Hall–Kier alpha value is -2.46. The Morgan fingerprint density at radius 1 is 1.14 bits per heavy atom. The Kier molecular flexibility index (Phi) is 5.23. The van der Waals surface area contributed by atoms with E-state index in [9.17, 15) is 14.3 Å². The summed E-state index contributed by atoms with van der Waals surface area (Å²) in [6.07, 6.45) is 1.88. The number of rotatable bonds is 5. The smallest absolute Gasteiger partial charge is 0.244 e. The van der Waals surface area contributed by atoms with E-state index in [0.29, 0.717) is 5.56 Å². The number of halogens is 1. The zero-order chi connectivity index (χ0) is 15.1. The van der Waals surface area contributed by atoms with Gasteiger partial charge >= 0.3 is 0 Å². The predicted octanol–water partition coefficient (Wildman–Crippen LogP) is 2.69. The van der Waals surface area contributed by atoms with Gasteiger partial charge in [-0.2, -0.15) is 0 Å². The van der Waals surface area contributed by atoms with Gasteiger partial charge in [-0.05, 0) is 17.7 Å². The lowest BCUT2D eigenvalue weighted by Crippen LogP contribution is -2.26. The Morgan fingerprint density at radius 2 is 1.81 bits per heavy atom. The fourth-order valence-electron chi connectivity index (χ4n) is 1.82. The third-order valence-corrected chi connectivity index (χ3v) is 2.97. The van der Waals surface area contributed by atoms with E-state index in [1.165, 1.54) is 18.2 Å². The zero-order valence-corrected chi connectivity index (χ0v) is 11.4. The van der Waals surface area contributed by atoms with Crippen LogP contribution in [0.25, 0.3) is 6.08 Å². The van der Waals surface area contributed by atoms with Gasteiger partial charge in [0.05, 0.1) is 6.10 Å². The van der Waals surface area contributed by atoms with Crippen LogP contribution in [0.3, 0.4) is 0 Å². The highest BCUT2D eigenvalue weighted by Crippen LogP contribution is 2.11. The van der Waals surface area contributed by atoms with Crippen molar-refractivity contribution in [1.29, 1.82) is 0 Å². The standard InChI is InChI=1S/C17H16FNO2/c18-15-9-5-4-6-13(15)10-11-17(21)19-12-16(20)14-7-2-1-3-8-14/h1-11,16,20H,12H2,(H,19,21)/b11-10+. The quantitative estimate of drug-likeness (QED) is 0.830. The number of carbonyl (C=O) groups excluding carboxylic acids is 1. The first-order chi connectivity index (χ1) is 10.2. The molecule has 4 heteroatoms. The van der Waals surface area contributed by atoms with Gasteiger partial charge in [-0.3, -0.25) is 4.79 Å². The lowest BCUT2D eigenvalue weighted by Gasteiger charge is -2.10. The molecule has 1 atom stereocenters. The molecule has 0 saturated carbocycles. The largest absolute Gasteiger partial charge is 0.387 e. The van der Waals surface area contributed by atoms with E-state index < -0.39 is 6.10 Å². The van der Waals surface area contributed by atoms with Crippen molar-refractivity contribution in [2.24, 2.45) is 0 Å². The van der Waals surface area contributed by atoms with Gasteiger partial charge in [0.25, 0.3) is 0 Å². The normalized spacial score (nSPS) is 12.3. The van der Waals surface area contributed by atoms with E-state index in [2.05, 4.69) is 5.32 Å². The highest BCUT2D eigenvalue weighted by molar-refractivity contribution is 5.91. The van der Waals surface area contributed by atoms with Crippen LogP contribution in [0.4, 0.5) is 4.39 Å². The van der Waals surface area contributed by atoms with Crippen molar-refractivity contribution in [3.05, 3.63) is 77.6 Å². The molecule has 2 N–H and O–H groups in total. The molecule has 0 radical (unpaired) electrons. The van der Waals surface area contributed by atoms with Gasteiger partial charge < -0.3 is 10.4 Å². The molecule has 1 unspecified atom stereocenters. The molecule has 0 bridgehead atoms. The van der Waals surface area contributed by atoms with Crippen molar-refractivity contribution in [2.75, 3.05) is 6.54 Å². The lowest BCUT2D eigenvalue weighted by atomic mass is 10.1. The first-order valence-corrected chi connectivity index (χ1v) is 6.60. The molecule has 0 heterocycles. The minimum absolute atomic E-state index is 0.102. The van der Waals surface area contributed by atoms with Crippen molar-refractivity contribution in [3.8, 4) is 0 Å². The van der Waals surface area contributed by atoms with Crippen LogP contribution in [0, 0.1) is 5.82 Å². The topological polar surface area (TPSA) is 49.3 Å². The summed E-state index contributed by atoms with van der Waals surface area (Å²) in [6, 6.07) is 15.2. The molecule has 2 aromatic carbocycles. The van der Waals surface area contributed by atoms with Gasteiger partial charge in [-0.25, -0.2) is 4.39 Å². The second-order valence-corrected chi connectivity index (χ2v) is 4.53. The van der Waals surface area contributed by atoms with E-state index in [1.54, 1.807) is 30.3 Å². The molecule has 2 rings (SSSR count). The van der Waals surface area contributed by atoms with E-state index >= 15 is 0 Å². The van der Waals surface area contributed by atoms with Gasteiger partial charge in [0.2, 0.25) is 5.91 Å². The van der Waals surface area contributed by atoms with Crippen molar-refractivity contribution in [1.82, 2.24) is 5.32 Å². The molecule has 108 valence electrons. The summed E-state index contributed by atoms with van der Waals surface area (Å²) in [5.41, 5.74) is 1.08. The summed E-state index contributed by atoms with van der Waals surface area (Å²) in [5.74, 6) is -0.765. The van der Waals surface area contributed by atoms with Crippen molar-refractivity contribution in [3.63, 3.8) is 0 Å². The van der Waals surface area contributed by atoms with Crippen LogP contribution in [0.15, 0.2) is 60.7 Å².